The molecule has 3 aromatic rings. The first-order chi connectivity index (χ1) is 15.9. The van der Waals surface area contributed by atoms with Crippen molar-refractivity contribution in [3.8, 4) is 11.3 Å². The van der Waals surface area contributed by atoms with E-state index in [4.69, 9.17) is 9.52 Å². The number of nitro groups is 1. The maximum Gasteiger partial charge on any atom is 0.404 e. The molecule has 4 rings (SSSR count). The Hall–Kier alpha value is -4.54. The maximum atomic E-state index is 13.0. The zero-order valence-electron chi connectivity index (χ0n) is 17.1. The van der Waals surface area contributed by atoms with E-state index in [1.54, 1.807) is 30.3 Å². The van der Waals surface area contributed by atoms with E-state index >= 15 is 0 Å². The molecule has 0 unspecified atom stereocenters. The molecule has 1 aliphatic heterocycles. The Morgan fingerprint density at radius 3 is 2.48 bits per heavy atom. The van der Waals surface area contributed by atoms with Crippen LogP contribution in [-0.2, 0) is 0 Å². The summed E-state index contributed by atoms with van der Waals surface area (Å²) in [7, 11) is 0. The lowest BCUT2D eigenvalue weighted by molar-refractivity contribution is -0.384. The van der Waals surface area contributed by atoms with E-state index in [0.29, 0.717) is 12.0 Å². The van der Waals surface area contributed by atoms with E-state index in [1.165, 1.54) is 24.4 Å². The number of hydrogen-bond acceptors (Lipinski definition) is 7. The Labute approximate surface area is 186 Å². The van der Waals surface area contributed by atoms with E-state index in [-0.39, 0.29) is 41.4 Å². The van der Waals surface area contributed by atoms with Crippen molar-refractivity contribution in [2.24, 2.45) is 0 Å². The average Bonchev–Trinajstić information content (AvgIpc) is 3.39. The quantitative estimate of drug-likeness (QED) is 0.228. The van der Waals surface area contributed by atoms with Crippen LogP contribution in [0.4, 0.5) is 10.5 Å². The van der Waals surface area contributed by atoms with Gasteiger partial charge in [0.25, 0.3) is 17.5 Å². The number of carbonyl (C=O) groups excluding carboxylic acids is 2. The first kappa shape index (κ1) is 21.7. The van der Waals surface area contributed by atoms with Gasteiger partial charge in [-0.05, 0) is 25.0 Å². The molecule has 0 aliphatic carbocycles. The van der Waals surface area contributed by atoms with Crippen LogP contribution < -0.4 is 5.32 Å². The smallest absolute Gasteiger partial charge is 0.404 e. The number of oxazole rings is 1. The Morgan fingerprint density at radius 1 is 1.15 bits per heavy atom. The van der Waals surface area contributed by atoms with Gasteiger partial charge >= 0.3 is 6.09 Å². The van der Waals surface area contributed by atoms with Gasteiger partial charge in [0.1, 0.15) is 6.04 Å². The molecule has 0 bridgehead atoms. The van der Waals surface area contributed by atoms with Crippen LogP contribution >= 0.6 is 0 Å². The van der Waals surface area contributed by atoms with E-state index in [9.17, 15) is 24.5 Å². The number of carbonyl (C=O) groups is 3. The molecule has 2 heterocycles. The first-order valence-corrected chi connectivity index (χ1v) is 10.0. The van der Waals surface area contributed by atoms with Crippen molar-refractivity contribution in [1.82, 2.24) is 15.2 Å². The Morgan fingerprint density at radius 2 is 1.85 bits per heavy atom. The molecule has 1 aromatic heterocycles. The lowest BCUT2D eigenvalue weighted by atomic mass is 10.1. The monoisotopic (exact) mass is 450 g/mol. The molecule has 0 saturated carbocycles. The number of aromatic nitrogens is 1. The van der Waals surface area contributed by atoms with E-state index in [1.807, 2.05) is 0 Å². The third-order valence-corrected chi connectivity index (χ3v) is 5.22. The number of benzene rings is 2. The first-order valence-electron chi connectivity index (χ1n) is 10.0. The number of fused-ring (bicyclic) bond motifs is 1. The van der Waals surface area contributed by atoms with Crippen molar-refractivity contribution in [1.29, 1.82) is 0 Å². The Bertz CT molecular complexity index is 1220. The standard InChI is InChI=1S/C22H18N4O7/c27-20-15-7-1-2-8-16(15)21(28)25(20)17(9-4-10-23-22(29)30)19-24-12-18(33-19)13-5-3-6-14(11-13)26(31)32/h1-3,5-8,11-12,17,23H,4,9-10H2,(H,29,30)/t17-/m0/s1. The van der Waals surface area contributed by atoms with Crippen LogP contribution in [0.25, 0.3) is 11.3 Å². The summed E-state index contributed by atoms with van der Waals surface area (Å²) in [4.78, 5) is 52.6. The summed E-state index contributed by atoms with van der Waals surface area (Å²) < 4.78 is 5.84. The number of nitrogens with zero attached hydrogens (tertiary/aromatic N) is 3. The molecule has 3 amide bonds. The Kier molecular flexibility index (Phi) is 5.85. The lowest BCUT2D eigenvalue weighted by Crippen LogP contribution is -2.35. The van der Waals surface area contributed by atoms with Crippen molar-refractivity contribution in [2.45, 2.75) is 18.9 Å². The predicted octanol–water partition coefficient (Wildman–Crippen LogP) is 3.63. The second-order valence-electron chi connectivity index (χ2n) is 7.29. The van der Waals surface area contributed by atoms with Gasteiger partial charge in [-0.15, -0.1) is 0 Å². The fourth-order valence-corrected chi connectivity index (χ4v) is 3.69. The van der Waals surface area contributed by atoms with Crippen molar-refractivity contribution in [3.05, 3.63) is 81.9 Å². The fourth-order valence-electron chi connectivity index (χ4n) is 3.69. The summed E-state index contributed by atoms with van der Waals surface area (Å²) in [5.74, 6) is -0.691. The topological polar surface area (TPSA) is 156 Å². The molecule has 1 aliphatic rings. The van der Waals surface area contributed by atoms with Gasteiger partial charge in [-0.25, -0.2) is 9.78 Å². The third-order valence-electron chi connectivity index (χ3n) is 5.22. The van der Waals surface area contributed by atoms with E-state index < -0.39 is 28.9 Å². The van der Waals surface area contributed by atoms with Crippen molar-refractivity contribution >= 4 is 23.6 Å². The maximum absolute atomic E-state index is 13.0. The Balaban J connectivity index is 1.66. The molecule has 11 heteroatoms. The highest BCUT2D eigenvalue weighted by molar-refractivity contribution is 6.21. The van der Waals surface area contributed by atoms with Gasteiger partial charge in [0.2, 0.25) is 5.89 Å². The van der Waals surface area contributed by atoms with Crippen LogP contribution in [0, 0.1) is 10.1 Å². The molecule has 2 N–H and O–H groups in total. The molecule has 0 radical (unpaired) electrons. The largest absolute Gasteiger partial charge is 0.465 e. The highest BCUT2D eigenvalue weighted by Crippen LogP contribution is 2.35. The number of carboxylic acid groups (broad SMARTS) is 1. The molecule has 0 saturated heterocycles. The molecule has 0 spiro atoms. The lowest BCUT2D eigenvalue weighted by Gasteiger charge is -2.23. The van der Waals surface area contributed by atoms with Crippen molar-refractivity contribution < 1.29 is 28.8 Å². The highest BCUT2D eigenvalue weighted by atomic mass is 16.6. The normalized spacial score (nSPS) is 13.6. The summed E-state index contributed by atoms with van der Waals surface area (Å²) in [5.41, 5.74) is 0.821. The molecule has 33 heavy (non-hydrogen) atoms. The zero-order valence-corrected chi connectivity index (χ0v) is 17.1. The predicted molar refractivity (Wildman–Crippen MR) is 114 cm³/mol. The molecular weight excluding hydrogens is 432 g/mol. The number of nitrogens with one attached hydrogen (secondary N) is 1. The summed E-state index contributed by atoms with van der Waals surface area (Å²) in [5, 5.41) is 22.1. The zero-order chi connectivity index (χ0) is 23.5. The van der Waals surface area contributed by atoms with Crippen molar-refractivity contribution in [3.63, 3.8) is 0 Å². The second kappa shape index (κ2) is 8.91. The number of rotatable bonds is 8. The number of hydrogen-bond donors (Lipinski definition) is 2. The average molecular weight is 450 g/mol. The third kappa shape index (κ3) is 4.28. The van der Waals surface area contributed by atoms with Crippen LogP contribution in [0.15, 0.2) is 59.1 Å². The fraction of sp³-hybridized carbons (Fsp3) is 0.182. The minimum Gasteiger partial charge on any atom is -0.465 e. The van der Waals surface area contributed by atoms with Crippen LogP contribution in [0.2, 0.25) is 0 Å². The molecular formula is C22H18N4O7. The van der Waals surface area contributed by atoms with Crippen LogP contribution in [0.1, 0.15) is 45.5 Å². The highest BCUT2D eigenvalue weighted by Gasteiger charge is 2.42. The summed E-state index contributed by atoms with van der Waals surface area (Å²) in [6.45, 7) is 0.105. The number of amides is 3. The second-order valence-corrected chi connectivity index (χ2v) is 7.29. The van der Waals surface area contributed by atoms with Crippen molar-refractivity contribution in [2.75, 3.05) is 6.54 Å². The molecule has 168 valence electrons. The van der Waals surface area contributed by atoms with Gasteiger partial charge in [-0.3, -0.25) is 24.6 Å². The molecule has 2 aromatic carbocycles. The van der Waals surface area contributed by atoms with Gasteiger partial charge < -0.3 is 14.8 Å². The summed E-state index contributed by atoms with van der Waals surface area (Å²) >= 11 is 0. The SMILES string of the molecule is O=C(O)NCCC[C@@H](c1ncc(-c2cccc([N+](=O)[O-])c2)o1)N1C(=O)c2ccccc2C1=O. The van der Waals surface area contributed by atoms with Gasteiger partial charge in [-0.2, -0.15) is 0 Å². The minimum absolute atomic E-state index is 0.0707. The van der Waals surface area contributed by atoms with Gasteiger partial charge in [0.15, 0.2) is 5.76 Å². The van der Waals surface area contributed by atoms with Gasteiger partial charge in [0.05, 0.1) is 22.2 Å². The van der Waals surface area contributed by atoms with Gasteiger partial charge in [-0.1, -0.05) is 24.3 Å². The molecule has 11 nitrogen and oxygen atoms in total. The molecule has 1 atom stereocenters. The van der Waals surface area contributed by atoms with Crippen LogP contribution in [0.5, 0.6) is 0 Å². The number of non-ortho nitro benzene ring substituents is 1. The van der Waals surface area contributed by atoms with E-state index in [2.05, 4.69) is 10.3 Å². The van der Waals surface area contributed by atoms with Crippen LogP contribution in [0.3, 0.4) is 0 Å². The molecule has 0 fully saturated rings. The number of nitro benzene ring substituents is 1. The summed E-state index contributed by atoms with van der Waals surface area (Å²) in [6, 6.07) is 11.3. The summed E-state index contributed by atoms with van der Waals surface area (Å²) in [6.07, 6.45) is 0.686. The van der Waals surface area contributed by atoms with E-state index in [0.717, 1.165) is 4.90 Å². The number of imide groups is 1. The minimum atomic E-state index is -1.18. The van der Waals surface area contributed by atoms with Gasteiger partial charge in [0, 0.05) is 24.2 Å². The van der Waals surface area contributed by atoms with Crippen LogP contribution in [-0.4, -0.2) is 44.4 Å².